The van der Waals surface area contributed by atoms with Gasteiger partial charge in [-0.1, -0.05) is 56.9 Å². The van der Waals surface area contributed by atoms with Crippen LogP contribution < -0.4 is 0 Å². The fraction of sp³-hybridized carbons (Fsp3) is 0.524. The molecule has 0 aliphatic carbocycles. The minimum Gasteiger partial charge on any atom is -0.508 e. The van der Waals surface area contributed by atoms with Crippen LogP contribution in [0.15, 0.2) is 42.5 Å². The Labute approximate surface area is 141 Å². The molecule has 0 aromatic heterocycles. The van der Waals surface area contributed by atoms with Crippen molar-refractivity contribution >= 4 is 0 Å². The van der Waals surface area contributed by atoms with E-state index in [1.165, 1.54) is 44.6 Å². The molecule has 2 nitrogen and oxygen atoms in total. The molecular formula is C21H32O2. The first-order valence-corrected chi connectivity index (χ1v) is 9.04. The normalized spacial score (nSPS) is 11.7. The topological polar surface area (TPSA) is 40.5 Å². The molecule has 0 fully saturated rings. The summed E-state index contributed by atoms with van der Waals surface area (Å²) in [7, 11) is 0. The Morgan fingerprint density at radius 2 is 1.35 bits per heavy atom. The average molecular weight is 316 g/mol. The summed E-state index contributed by atoms with van der Waals surface area (Å²) in [4.78, 5) is 0. The monoisotopic (exact) mass is 316 g/mol. The molecule has 23 heavy (non-hydrogen) atoms. The number of unbranched alkanes of at least 4 members (excludes halogenated alkanes) is 6. The van der Waals surface area contributed by atoms with Crippen molar-refractivity contribution < 1.29 is 10.2 Å². The molecule has 0 aliphatic heterocycles. The van der Waals surface area contributed by atoms with Crippen molar-refractivity contribution in [3.8, 4) is 11.5 Å². The molecule has 0 heterocycles. The largest absolute Gasteiger partial charge is 0.508 e. The van der Waals surface area contributed by atoms with Gasteiger partial charge in [-0.05, 0) is 56.2 Å². The molecule has 0 saturated carbocycles. The van der Waals surface area contributed by atoms with Gasteiger partial charge in [-0.3, -0.25) is 0 Å². The summed E-state index contributed by atoms with van der Waals surface area (Å²) in [6.45, 7) is 2.16. The number of hydrogen-bond acceptors (Lipinski definition) is 2. The van der Waals surface area contributed by atoms with E-state index in [0.717, 1.165) is 31.2 Å². The Kier molecular flexibility index (Phi) is 10.8. The highest BCUT2D eigenvalue weighted by atomic mass is 16.3. The highest BCUT2D eigenvalue weighted by molar-refractivity contribution is 5.36. The van der Waals surface area contributed by atoms with Crippen LogP contribution in [0.25, 0.3) is 0 Å². The molecule has 1 aromatic carbocycles. The van der Waals surface area contributed by atoms with Gasteiger partial charge < -0.3 is 10.2 Å². The molecule has 0 unspecified atom stereocenters. The van der Waals surface area contributed by atoms with E-state index in [0.29, 0.717) is 0 Å². The van der Waals surface area contributed by atoms with Crippen molar-refractivity contribution in [1.82, 2.24) is 0 Å². The molecule has 0 amide bonds. The Morgan fingerprint density at radius 3 is 2.04 bits per heavy atom. The molecule has 1 rings (SSSR count). The van der Waals surface area contributed by atoms with Crippen LogP contribution >= 0.6 is 0 Å². The SMILES string of the molecule is CCC=CCC=CCCCCCCCCc1cc(O)cc(O)c1. The molecule has 2 N–H and O–H groups in total. The van der Waals surface area contributed by atoms with Gasteiger partial charge in [0.15, 0.2) is 0 Å². The van der Waals surface area contributed by atoms with E-state index < -0.39 is 0 Å². The van der Waals surface area contributed by atoms with Gasteiger partial charge in [0.25, 0.3) is 0 Å². The van der Waals surface area contributed by atoms with Crippen LogP contribution in [-0.4, -0.2) is 10.2 Å². The van der Waals surface area contributed by atoms with E-state index in [4.69, 9.17) is 0 Å². The van der Waals surface area contributed by atoms with Gasteiger partial charge in [0.05, 0.1) is 0 Å². The van der Waals surface area contributed by atoms with E-state index in [-0.39, 0.29) is 11.5 Å². The zero-order chi connectivity index (χ0) is 16.8. The quantitative estimate of drug-likeness (QED) is 0.352. The summed E-state index contributed by atoms with van der Waals surface area (Å²) < 4.78 is 0. The number of allylic oxidation sites excluding steroid dienone is 4. The van der Waals surface area contributed by atoms with Gasteiger partial charge in [-0.2, -0.15) is 0 Å². The van der Waals surface area contributed by atoms with Crippen LogP contribution in [0.2, 0.25) is 0 Å². The van der Waals surface area contributed by atoms with E-state index in [1.807, 2.05) is 0 Å². The first kappa shape index (κ1) is 19.3. The molecule has 0 aliphatic rings. The minimum atomic E-state index is 0.151. The second-order valence-electron chi connectivity index (χ2n) is 6.10. The second-order valence-corrected chi connectivity index (χ2v) is 6.10. The van der Waals surface area contributed by atoms with Crippen molar-refractivity contribution in [3.05, 3.63) is 48.1 Å². The van der Waals surface area contributed by atoms with Gasteiger partial charge >= 0.3 is 0 Å². The number of aryl methyl sites for hydroxylation is 1. The highest BCUT2D eigenvalue weighted by Crippen LogP contribution is 2.22. The molecule has 0 bridgehead atoms. The van der Waals surface area contributed by atoms with Crippen molar-refractivity contribution in [2.75, 3.05) is 0 Å². The van der Waals surface area contributed by atoms with Crippen LogP contribution in [0.3, 0.4) is 0 Å². The number of rotatable bonds is 12. The second kappa shape index (κ2) is 12.8. The lowest BCUT2D eigenvalue weighted by molar-refractivity contribution is 0.449. The molecular weight excluding hydrogens is 284 g/mol. The summed E-state index contributed by atoms with van der Waals surface area (Å²) in [6.07, 6.45) is 20.8. The molecule has 0 atom stereocenters. The Morgan fingerprint density at radius 1 is 0.739 bits per heavy atom. The number of benzene rings is 1. The standard InChI is InChI=1S/C21H32O2/c1-2-3-4-5-6-7-8-9-10-11-12-13-14-15-19-16-20(22)18-21(23)17-19/h3-4,6-7,16-18,22-23H,2,5,8-15H2,1H3. The highest BCUT2D eigenvalue weighted by Gasteiger charge is 1.99. The lowest BCUT2D eigenvalue weighted by atomic mass is 10.0. The van der Waals surface area contributed by atoms with Crippen LogP contribution in [-0.2, 0) is 6.42 Å². The van der Waals surface area contributed by atoms with E-state index in [2.05, 4.69) is 31.2 Å². The smallest absolute Gasteiger partial charge is 0.119 e. The summed E-state index contributed by atoms with van der Waals surface area (Å²) >= 11 is 0. The predicted molar refractivity (Wildman–Crippen MR) is 99.0 cm³/mol. The molecule has 1 aromatic rings. The van der Waals surface area contributed by atoms with Gasteiger partial charge in [0, 0.05) is 6.07 Å². The van der Waals surface area contributed by atoms with Gasteiger partial charge in [0.1, 0.15) is 11.5 Å². The summed E-state index contributed by atoms with van der Waals surface area (Å²) in [5.41, 5.74) is 1.02. The number of phenols is 2. The zero-order valence-corrected chi connectivity index (χ0v) is 14.5. The zero-order valence-electron chi connectivity index (χ0n) is 14.5. The van der Waals surface area contributed by atoms with Crippen molar-refractivity contribution in [1.29, 1.82) is 0 Å². The third-order valence-corrected chi connectivity index (χ3v) is 3.89. The van der Waals surface area contributed by atoms with Crippen LogP contribution in [0.1, 0.15) is 70.3 Å². The molecule has 128 valence electrons. The van der Waals surface area contributed by atoms with E-state index in [9.17, 15) is 10.2 Å². The third kappa shape index (κ3) is 10.6. The molecule has 0 spiro atoms. The predicted octanol–water partition coefficient (Wildman–Crippen LogP) is 6.28. The van der Waals surface area contributed by atoms with Gasteiger partial charge in [-0.15, -0.1) is 0 Å². The fourth-order valence-corrected chi connectivity index (χ4v) is 2.65. The third-order valence-electron chi connectivity index (χ3n) is 3.89. The molecule has 0 radical (unpaired) electrons. The van der Waals surface area contributed by atoms with E-state index in [1.54, 1.807) is 12.1 Å². The average Bonchev–Trinajstić information content (AvgIpc) is 2.51. The van der Waals surface area contributed by atoms with E-state index >= 15 is 0 Å². The first-order chi connectivity index (χ1) is 11.2. The van der Waals surface area contributed by atoms with Crippen LogP contribution in [0.5, 0.6) is 11.5 Å². The maximum absolute atomic E-state index is 9.43. The van der Waals surface area contributed by atoms with Gasteiger partial charge in [0.2, 0.25) is 0 Å². The van der Waals surface area contributed by atoms with Gasteiger partial charge in [-0.25, -0.2) is 0 Å². The Hall–Kier alpha value is -1.70. The Bertz CT molecular complexity index is 454. The minimum absolute atomic E-state index is 0.151. The van der Waals surface area contributed by atoms with Crippen LogP contribution in [0, 0.1) is 0 Å². The summed E-state index contributed by atoms with van der Waals surface area (Å²) in [6, 6.07) is 4.85. The first-order valence-electron chi connectivity index (χ1n) is 9.04. The van der Waals surface area contributed by atoms with Crippen molar-refractivity contribution in [2.45, 2.75) is 71.1 Å². The van der Waals surface area contributed by atoms with Crippen molar-refractivity contribution in [2.24, 2.45) is 0 Å². The lowest BCUT2D eigenvalue weighted by Crippen LogP contribution is -1.86. The summed E-state index contributed by atoms with van der Waals surface area (Å²) in [5, 5.41) is 18.9. The Balaban J connectivity index is 1.94. The molecule has 2 heteroatoms. The maximum Gasteiger partial charge on any atom is 0.119 e. The molecule has 0 saturated heterocycles. The number of phenolic OH excluding ortho intramolecular Hbond substituents is 2. The van der Waals surface area contributed by atoms with Crippen molar-refractivity contribution in [3.63, 3.8) is 0 Å². The summed E-state index contributed by atoms with van der Waals surface area (Å²) in [5.74, 6) is 0.302. The lowest BCUT2D eigenvalue weighted by Gasteiger charge is -2.04. The fourth-order valence-electron chi connectivity index (χ4n) is 2.65. The maximum atomic E-state index is 9.43. The number of aromatic hydroxyl groups is 2. The van der Waals surface area contributed by atoms with Crippen LogP contribution in [0.4, 0.5) is 0 Å². The number of hydrogen-bond donors (Lipinski definition) is 2.